The van der Waals surface area contributed by atoms with Gasteiger partial charge in [-0.3, -0.25) is 14.7 Å². The van der Waals surface area contributed by atoms with Crippen molar-refractivity contribution in [1.29, 1.82) is 0 Å². The van der Waals surface area contributed by atoms with Crippen LogP contribution in [0.2, 0.25) is 0 Å². The van der Waals surface area contributed by atoms with Crippen molar-refractivity contribution in [2.75, 3.05) is 39.3 Å². The van der Waals surface area contributed by atoms with Crippen LogP contribution in [0.5, 0.6) is 0 Å². The van der Waals surface area contributed by atoms with Gasteiger partial charge in [-0.2, -0.15) is 0 Å². The van der Waals surface area contributed by atoms with Crippen LogP contribution < -0.4 is 10.6 Å². The SMILES string of the molecule is CCNC(=NCCCN1CCc2ccccc2C1)NC1CCN(C(=O)C2CCCC2)C1. The van der Waals surface area contributed by atoms with Gasteiger partial charge in [-0.05, 0) is 50.2 Å². The largest absolute Gasteiger partial charge is 0.357 e. The third-order valence-electron chi connectivity index (χ3n) is 7.00. The second-order valence-corrected chi connectivity index (χ2v) is 9.30. The number of benzene rings is 1. The second kappa shape index (κ2) is 11.0. The first kappa shape index (κ1) is 22.1. The Labute approximate surface area is 187 Å². The molecular formula is C25H39N5O. The monoisotopic (exact) mass is 425 g/mol. The number of guanidine groups is 1. The normalized spacial score (nSPS) is 22.5. The molecule has 2 fully saturated rings. The Kier molecular flexibility index (Phi) is 7.84. The van der Waals surface area contributed by atoms with Gasteiger partial charge in [0.2, 0.25) is 5.91 Å². The van der Waals surface area contributed by atoms with Gasteiger partial charge >= 0.3 is 0 Å². The lowest BCUT2D eigenvalue weighted by Crippen LogP contribution is -2.45. The third kappa shape index (κ3) is 6.00. The van der Waals surface area contributed by atoms with E-state index in [1.54, 1.807) is 0 Å². The molecule has 0 aromatic heterocycles. The van der Waals surface area contributed by atoms with E-state index in [-0.39, 0.29) is 5.92 Å². The molecule has 170 valence electrons. The Hall–Kier alpha value is -2.08. The summed E-state index contributed by atoms with van der Waals surface area (Å²) in [6.45, 7) is 8.77. The maximum absolute atomic E-state index is 12.7. The zero-order chi connectivity index (χ0) is 21.5. The summed E-state index contributed by atoms with van der Waals surface area (Å²) in [5.41, 5.74) is 2.98. The summed E-state index contributed by atoms with van der Waals surface area (Å²) in [5.74, 6) is 1.56. The molecule has 1 aliphatic carbocycles. The number of carbonyl (C=O) groups is 1. The van der Waals surface area contributed by atoms with Gasteiger partial charge in [0.05, 0.1) is 0 Å². The fourth-order valence-electron chi connectivity index (χ4n) is 5.25. The molecule has 0 radical (unpaired) electrons. The Bertz CT molecular complexity index is 758. The summed E-state index contributed by atoms with van der Waals surface area (Å²) in [6, 6.07) is 9.12. The van der Waals surface area contributed by atoms with Crippen LogP contribution in [-0.2, 0) is 17.8 Å². The predicted molar refractivity (Wildman–Crippen MR) is 126 cm³/mol. The highest BCUT2D eigenvalue weighted by Crippen LogP contribution is 2.27. The molecule has 1 saturated carbocycles. The van der Waals surface area contributed by atoms with E-state index in [1.807, 2.05) is 0 Å². The number of hydrogen-bond donors (Lipinski definition) is 2. The number of fused-ring (bicyclic) bond motifs is 1. The summed E-state index contributed by atoms with van der Waals surface area (Å²) in [6.07, 6.45) is 7.83. The molecule has 1 atom stereocenters. The van der Waals surface area contributed by atoms with E-state index in [4.69, 9.17) is 4.99 Å². The minimum atomic E-state index is 0.280. The fraction of sp³-hybridized carbons (Fsp3) is 0.680. The maximum atomic E-state index is 12.7. The first-order valence-electron chi connectivity index (χ1n) is 12.4. The molecule has 1 amide bonds. The zero-order valence-electron chi connectivity index (χ0n) is 19.1. The first-order valence-corrected chi connectivity index (χ1v) is 12.4. The molecule has 1 saturated heterocycles. The zero-order valence-corrected chi connectivity index (χ0v) is 19.1. The number of likely N-dealkylation sites (tertiary alicyclic amines) is 1. The Morgan fingerprint density at radius 3 is 2.74 bits per heavy atom. The van der Waals surface area contributed by atoms with Crippen molar-refractivity contribution in [2.24, 2.45) is 10.9 Å². The maximum Gasteiger partial charge on any atom is 0.225 e. The molecule has 6 heteroatoms. The molecule has 0 spiro atoms. The first-order chi connectivity index (χ1) is 15.2. The highest BCUT2D eigenvalue weighted by molar-refractivity contribution is 5.81. The number of hydrogen-bond acceptors (Lipinski definition) is 3. The summed E-state index contributed by atoms with van der Waals surface area (Å²) in [4.78, 5) is 22.1. The molecule has 2 N–H and O–H groups in total. The third-order valence-corrected chi connectivity index (χ3v) is 7.00. The van der Waals surface area contributed by atoms with Gasteiger partial charge < -0.3 is 15.5 Å². The van der Waals surface area contributed by atoms with E-state index < -0.39 is 0 Å². The smallest absolute Gasteiger partial charge is 0.225 e. The molecule has 4 rings (SSSR count). The van der Waals surface area contributed by atoms with Crippen LogP contribution in [0.3, 0.4) is 0 Å². The number of rotatable bonds is 7. The van der Waals surface area contributed by atoms with Crippen LogP contribution in [0.15, 0.2) is 29.3 Å². The summed E-state index contributed by atoms with van der Waals surface area (Å²) in [5, 5.41) is 6.96. The lowest BCUT2D eigenvalue weighted by molar-refractivity contribution is -0.134. The summed E-state index contributed by atoms with van der Waals surface area (Å²) in [7, 11) is 0. The Morgan fingerprint density at radius 1 is 1.13 bits per heavy atom. The molecule has 2 heterocycles. The van der Waals surface area contributed by atoms with Crippen LogP contribution >= 0.6 is 0 Å². The molecule has 31 heavy (non-hydrogen) atoms. The van der Waals surface area contributed by atoms with E-state index >= 15 is 0 Å². The van der Waals surface area contributed by atoms with Crippen LogP contribution in [0.4, 0.5) is 0 Å². The molecular weight excluding hydrogens is 386 g/mol. The summed E-state index contributed by atoms with van der Waals surface area (Å²) >= 11 is 0. The molecule has 1 unspecified atom stereocenters. The van der Waals surface area contributed by atoms with Crippen molar-refractivity contribution < 1.29 is 4.79 Å². The van der Waals surface area contributed by atoms with Crippen molar-refractivity contribution in [1.82, 2.24) is 20.4 Å². The lowest BCUT2D eigenvalue weighted by atomic mass is 10.00. The van der Waals surface area contributed by atoms with Crippen molar-refractivity contribution in [3.05, 3.63) is 35.4 Å². The van der Waals surface area contributed by atoms with Crippen molar-refractivity contribution in [2.45, 2.75) is 64.5 Å². The number of amides is 1. The Balaban J connectivity index is 1.20. The van der Waals surface area contributed by atoms with E-state index in [9.17, 15) is 4.79 Å². The number of nitrogens with one attached hydrogen (secondary N) is 2. The minimum absolute atomic E-state index is 0.280. The highest BCUT2D eigenvalue weighted by atomic mass is 16.2. The molecule has 1 aromatic carbocycles. The van der Waals surface area contributed by atoms with E-state index in [0.29, 0.717) is 11.9 Å². The molecule has 6 nitrogen and oxygen atoms in total. The fourth-order valence-corrected chi connectivity index (χ4v) is 5.25. The average molecular weight is 426 g/mol. The van der Waals surface area contributed by atoms with Gasteiger partial charge in [0.25, 0.3) is 0 Å². The van der Waals surface area contributed by atoms with Crippen molar-refractivity contribution in [3.63, 3.8) is 0 Å². The molecule has 2 aliphatic heterocycles. The molecule has 0 bridgehead atoms. The van der Waals surface area contributed by atoms with Gasteiger partial charge in [-0.1, -0.05) is 37.1 Å². The van der Waals surface area contributed by atoms with E-state index in [2.05, 4.69) is 51.6 Å². The van der Waals surface area contributed by atoms with Crippen molar-refractivity contribution >= 4 is 11.9 Å². The number of aliphatic imine (C=N–C) groups is 1. The number of carbonyl (C=O) groups excluding carboxylic acids is 1. The highest BCUT2D eigenvalue weighted by Gasteiger charge is 2.32. The second-order valence-electron chi connectivity index (χ2n) is 9.30. The topological polar surface area (TPSA) is 60.0 Å². The summed E-state index contributed by atoms with van der Waals surface area (Å²) < 4.78 is 0. The van der Waals surface area contributed by atoms with E-state index in [0.717, 1.165) is 83.9 Å². The van der Waals surface area contributed by atoms with Gasteiger partial charge in [0.15, 0.2) is 5.96 Å². The number of nitrogens with zero attached hydrogens (tertiary/aromatic N) is 3. The van der Waals surface area contributed by atoms with Crippen molar-refractivity contribution in [3.8, 4) is 0 Å². The van der Waals surface area contributed by atoms with Crippen LogP contribution in [-0.4, -0.2) is 67.0 Å². The van der Waals surface area contributed by atoms with Crippen LogP contribution in [0.25, 0.3) is 0 Å². The van der Waals surface area contributed by atoms with Gasteiger partial charge in [0, 0.05) is 57.8 Å². The predicted octanol–water partition coefficient (Wildman–Crippen LogP) is 2.78. The van der Waals surface area contributed by atoms with E-state index in [1.165, 1.54) is 24.0 Å². The minimum Gasteiger partial charge on any atom is -0.357 e. The van der Waals surface area contributed by atoms with Gasteiger partial charge in [-0.15, -0.1) is 0 Å². The van der Waals surface area contributed by atoms with Gasteiger partial charge in [0.1, 0.15) is 0 Å². The average Bonchev–Trinajstić information content (AvgIpc) is 3.49. The lowest BCUT2D eigenvalue weighted by Gasteiger charge is -2.28. The van der Waals surface area contributed by atoms with Gasteiger partial charge in [-0.25, -0.2) is 0 Å². The quantitative estimate of drug-likeness (QED) is 0.401. The molecule has 1 aromatic rings. The van der Waals surface area contributed by atoms with Crippen LogP contribution in [0.1, 0.15) is 56.6 Å². The van der Waals surface area contributed by atoms with Crippen LogP contribution in [0, 0.1) is 5.92 Å². The Morgan fingerprint density at radius 2 is 1.94 bits per heavy atom. The molecule has 3 aliphatic rings. The standard InChI is InChI=1S/C25H39N5O/c1-2-26-25(28-23-13-17-30(19-23)24(31)21-9-4-5-10-21)27-14-7-15-29-16-12-20-8-3-6-11-22(20)18-29/h3,6,8,11,21,23H,2,4-5,7,9-10,12-19H2,1H3,(H2,26,27,28).